The molecule has 0 aromatic rings. The molecule has 0 radical (unpaired) electrons. The van der Waals surface area contributed by atoms with Gasteiger partial charge < -0.3 is 0 Å². The molecular weight excluding hydrogens is 184 g/mol. The van der Waals surface area contributed by atoms with Gasteiger partial charge in [0.25, 0.3) is 10.1 Å². The first-order valence-electron chi connectivity index (χ1n) is 2.51. The molecule has 0 heterocycles. The summed E-state index contributed by atoms with van der Waals surface area (Å²) in [4.78, 5) is 0. The molecule has 0 amide bonds. The largest absolute Gasteiger partial charge is 0.286 e. The van der Waals surface area contributed by atoms with Crippen molar-refractivity contribution < 1.29 is 30.0 Å². The predicted octanol–water partition coefficient (Wildman–Crippen LogP) is 0.672. The molecule has 5 heteroatoms. The van der Waals surface area contributed by atoms with Gasteiger partial charge in [-0.15, -0.1) is 0 Å². The van der Waals surface area contributed by atoms with E-state index in [0.29, 0.717) is 6.42 Å². The third kappa shape index (κ3) is 11.8. The molecule has 58 valence electrons. The van der Waals surface area contributed by atoms with Gasteiger partial charge in [0.2, 0.25) is 0 Å². The van der Waals surface area contributed by atoms with E-state index in [1.807, 2.05) is 6.92 Å². The van der Waals surface area contributed by atoms with Crippen LogP contribution in [0.25, 0.3) is 0 Å². The fraction of sp³-hybridized carbons (Fsp3) is 1.00. The normalized spacial score (nSPS) is 10.4. The van der Waals surface area contributed by atoms with Crippen molar-refractivity contribution in [2.24, 2.45) is 0 Å². The summed E-state index contributed by atoms with van der Waals surface area (Å²) in [5, 5.41) is 0. The van der Waals surface area contributed by atoms with E-state index in [4.69, 9.17) is 4.55 Å². The number of unbranched alkanes of at least 4 members (excludes halogenated alkanes) is 1. The number of hydrogen-bond acceptors (Lipinski definition) is 2. The van der Waals surface area contributed by atoms with E-state index in [9.17, 15) is 8.42 Å². The fourth-order valence-corrected chi connectivity index (χ4v) is 0.980. The molecule has 9 heavy (non-hydrogen) atoms. The summed E-state index contributed by atoms with van der Waals surface area (Å²) in [6, 6.07) is 0. The fourth-order valence-electron chi connectivity index (χ4n) is 0.327. The standard InChI is InChI=1S/C4H10O3S.Fe/c1-2-3-4-8(5,6)7;/h2-4H2,1H3,(H,5,6,7);. The minimum Gasteiger partial charge on any atom is -0.286 e. The molecule has 0 aliphatic heterocycles. The first kappa shape index (κ1) is 12.1. The van der Waals surface area contributed by atoms with Gasteiger partial charge in [-0.05, 0) is 6.42 Å². The maximum Gasteiger partial charge on any atom is 0.264 e. The quantitative estimate of drug-likeness (QED) is 0.530. The molecule has 0 atom stereocenters. The Balaban J connectivity index is 0. The molecule has 0 aromatic heterocycles. The summed E-state index contributed by atoms with van der Waals surface area (Å²) in [5.74, 6) is -0.108. The predicted molar refractivity (Wildman–Crippen MR) is 31.3 cm³/mol. The Hall–Kier alpha value is 0.429. The molecule has 0 aliphatic carbocycles. The second-order valence-corrected chi connectivity index (χ2v) is 3.21. The molecule has 0 fully saturated rings. The Kier molecular flexibility index (Phi) is 7.06. The monoisotopic (exact) mass is 194 g/mol. The maximum absolute atomic E-state index is 9.95. The van der Waals surface area contributed by atoms with Gasteiger partial charge in [0.05, 0.1) is 5.75 Å². The van der Waals surface area contributed by atoms with Gasteiger partial charge in [0, 0.05) is 17.1 Å². The Morgan fingerprint density at radius 1 is 1.44 bits per heavy atom. The average Bonchev–Trinajstić information content (AvgIpc) is 1.59. The molecule has 0 aliphatic rings. The Morgan fingerprint density at radius 3 is 2.00 bits per heavy atom. The molecule has 0 bridgehead atoms. The molecule has 3 nitrogen and oxygen atoms in total. The van der Waals surface area contributed by atoms with E-state index in [0.717, 1.165) is 6.42 Å². The van der Waals surface area contributed by atoms with Crippen molar-refractivity contribution in [2.45, 2.75) is 19.8 Å². The summed E-state index contributed by atoms with van der Waals surface area (Å²) in [6.07, 6.45) is 1.33. The maximum atomic E-state index is 9.95. The van der Waals surface area contributed by atoms with Crippen molar-refractivity contribution in [1.82, 2.24) is 0 Å². The van der Waals surface area contributed by atoms with Crippen molar-refractivity contribution in [1.29, 1.82) is 0 Å². The van der Waals surface area contributed by atoms with Crippen LogP contribution in [0.2, 0.25) is 0 Å². The Labute approximate surface area is 66.1 Å². The average molecular weight is 194 g/mol. The molecule has 1 N–H and O–H groups in total. The zero-order valence-electron chi connectivity index (χ0n) is 5.15. The molecular formula is C4H10FeO3S. The van der Waals surface area contributed by atoms with Crippen LogP contribution in [0.3, 0.4) is 0 Å². The topological polar surface area (TPSA) is 54.4 Å². The summed E-state index contributed by atoms with van der Waals surface area (Å²) < 4.78 is 28.0. The molecule has 0 aromatic carbocycles. The van der Waals surface area contributed by atoms with Crippen molar-refractivity contribution in [3.63, 3.8) is 0 Å². The van der Waals surface area contributed by atoms with Crippen molar-refractivity contribution in [2.75, 3.05) is 5.75 Å². The molecule has 0 unspecified atom stereocenters. The molecule has 0 spiro atoms. The number of hydrogen-bond donors (Lipinski definition) is 1. The molecule has 0 saturated heterocycles. The first-order valence-corrected chi connectivity index (χ1v) is 4.12. The number of rotatable bonds is 3. The van der Waals surface area contributed by atoms with E-state index in [2.05, 4.69) is 0 Å². The first-order chi connectivity index (χ1) is 3.56. The van der Waals surface area contributed by atoms with Crippen LogP contribution in [0.15, 0.2) is 0 Å². The summed E-state index contributed by atoms with van der Waals surface area (Å²) in [7, 11) is -3.69. The second-order valence-electron chi connectivity index (χ2n) is 1.64. The van der Waals surface area contributed by atoms with Gasteiger partial charge in [-0.3, -0.25) is 4.55 Å². The van der Waals surface area contributed by atoms with Crippen LogP contribution >= 0.6 is 0 Å². The third-order valence-electron chi connectivity index (χ3n) is 0.756. The van der Waals surface area contributed by atoms with Crippen LogP contribution in [0.1, 0.15) is 19.8 Å². The summed E-state index contributed by atoms with van der Waals surface area (Å²) in [6.45, 7) is 1.87. The van der Waals surface area contributed by atoms with Crippen LogP contribution < -0.4 is 0 Å². The smallest absolute Gasteiger partial charge is 0.264 e. The van der Waals surface area contributed by atoms with Gasteiger partial charge in [-0.25, -0.2) is 0 Å². The SMILES string of the molecule is CCCCS(=O)(=O)O.[Fe]. The Bertz CT molecular complexity index is 140. The summed E-state index contributed by atoms with van der Waals surface area (Å²) >= 11 is 0. The van der Waals surface area contributed by atoms with Gasteiger partial charge in [-0.1, -0.05) is 13.3 Å². The van der Waals surface area contributed by atoms with E-state index < -0.39 is 10.1 Å². The van der Waals surface area contributed by atoms with Gasteiger partial charge >= 0.3 is 0 Å². The van der Waals surface area contributed by atoms with Crippen molar-refractivity contribution in [3.05, 3.63) is 0 Å². The second kappa shape index (κ2) is 5.23. The summed E-state index contributed by atoms with van der Waals surface area (Å²) in [5.41, 5.74) is 0. The van der Waals surface area contributed by atoms with E-state index in [-0.39, 0.29) is 22.8 Å². The minimum atomic E-state index is -3.69. The molecule has 0 saturated carbocycles. The van der Waals surface area contributed by atoms with Gasteiger partial charge in [-0.2, -0.15) is 8.42 Å². The third-order valence-corrected chi connectivity index (χ3v) is 1.56. The van der Waals surface area contributed by atoms with E-state index in [1.54, 1.807) is 0 Å². The minimum absolute atomic E-state index is 0. The van der Waals surface area contributed by atoms with Gasteiger partial charge in [0.1, 0.15) is 0 Å². The van der Waals surface area contributed by atoms with Crippen LogP contribution in [0, 0.1) is 0 Å². The molecule has 0 rings (SSSR count). The Morgan fingerprint density at radius 2 is 1.89 bits per heavy atom. The van der Waals surface area contributed by atoms with Gasteiger partial charge in [0.15, 0.2) is 0 Å². The zero-order valence-corrected chi connectivity index (χ0v) is 7.07. The zero-order chi connectivity index (χ0) is 6.62. The van der Waals surface area contributed by atoms with Crippen LogP contribution in [0.5, 0.6) is 0 Å². The van der Waals surface area contributed by atoms with E-state index >= 15 is 0 Å². The van der Waals surface area contributed by atoms with Crippen LogP contribution in [-0.2, 0) is 27.2 Å². The van der Waals surface area contributed by atoms with E-state index in [1.165, 1.54) is 0 Å². The van der Waals surface area contributed by atoms with Crippen LogP contribution in [-0.4, -0.2) is 18.7 Å². The van der Waals surface area contributed by atoms with Crippen molar-refractivity contribution >= 4 is 10.1 Å². The van der Waals surface area contributed by atoms with Crippen LogP contribution in [0.4, 0.5) is 0 Å². The van der Waals surface area contributed by atoms with Crippen molar-refractivity contribution in [3.8, 4) is 0 Å².